The standard InChI is InChI=1S/C16H17NO5S/c1-11-8-9-13(22-2)14(10-11)23(20,21)17-15(16(18)19)12-6-4-3-5-7-12/h3-10,15,17H,1-2H3,(H,18,19)/t15-/m1/s1. The van der Waals surface area contributed by atoms with Crippen LogP contribution in [-0.4, -0.2) is 26.6 Å². The monoisotopic (exact) mass is 335 g/mol. The highest BCUT2D eigenvalue weighted by molar-refractivity contribution is 7.89. The van der Waals surface area contributed by atoms with Gasteiger partial charge in [0.1, 0.15) is 16.7 Å². The van der Waals surface area contributed by atoms with Crippen molar-refractivity contribution in [3.63, 3.8) is 0 Å². The van der Waals surface area contributed by atoms with E-state index in [1.54, 1.807) is 43.3 Å². The summed E-state index contributed by atoms with van der Waals surface area (Å²) in [6.45, 7) is 1.74. The smallest absolute Gasteiger partial charge is 0.326 e. The maximum absolute atomic E-state index is 12.6. The summed E-state index contributed by atoms with van der Waals surface area (Å²) in [6.07, 6.45) is 0. The first-order valence-corrected chi connectivity index (χ1v) is 8.28. The van der Waals surface area contributed by atoms with Gasteiger partial charge in [-0.1, -0.05) is 36.4 Å². The third-order valence-corrected chi connectivity index (χ3v) is 4.71. The number of nitrogens with one attached hydrogen (secondary N) is 1. The van der Waals surface area contributed by atoms with Gasteiger partial charge in [0.2, 0.25) is 10.0 Å². The van der Waals surface area contributed by atoms with E-state index in [1.807, 2.05) is 0 Å². The van der Waals surface area contributed by atoms with Gasteiger partial charge in [0.25, 0.3) is 0 Å². The van der Waals surface area contributed by atoms with Crippen LogP contribution in [0.25, 0.3) is 0 Å². The second-order valence-corrected chi connectivity index (χ2v) is 6.64. The van der Waals surface area contributed by atoms with Crippen molar-refractivity contribution in [3.8, 4) is 5.75 Å². The molecule has 0 fully saturated rings. The first-order chi connectivity index (χ1) is 10.8. The van der Waals surface area contributed by atoms with E-state index in [9.17, 15) is 18.3 Å². The first-order valence-electron chi connectivity index (χ1n) is 6.80. The van der Waals surface area contributed by atoms with Crippen molar-refractivity contribution in [2.75, 3.05) is 7.11 Å². The van der Waals surface area contributed by atoms with Crippen molar-refractivity contribution in [2.45, 2.75) is 17.9 Å². The normalized spacial score (nSPS) is 12.6. The van der Waals surface area contributed by atoms with Crippen LogP contribution in [0.4, 0.5) is 0 Å². The average Bonchev–Trinajstić information content (AvgIpc) is 2.53. The number of benzene rings is 2. The highest BCUT2D eigenvalue weighted by Gasteiger charge is 2.28. The molecule has 6 nitrogen and oxygen atoms in total. The Bertz CT molecular complexity index is 802. The Kier molecular flexibility index (Phi) is 5.02. The molecule has 7 heteroatoms. The predicted octanol–water partition coefficient (Wildman–Crippen LogP) is 2.11. The summed E-state index contributed by atoms with van der Waals surface area (Å²) >= 11 is 0. The van der Waals surface area contributed by atoms with Crippen molar-refractivity contribution in [2.24, 2.45) is 0 Å². The summed E-state index contributed by atoms with van der Waals surface area (Å²) in [5, 5.41) is 9.36. The molecule has 0 bridgehead atoms. The average molecular weight is 335 g/mol. The first kappa shape index (κ1) is 17.0. The maximum Gasteiger partial charge on any atom is 0.326 e. The zero-order valence-electron chi connectivity index (χ0n) is 12.7. The molecule has 0 aliphatic carbocycles. The molecule has 0 radical (unpaired) electrons. The molecule has 0 saturated carbocycles. The van der Waals surface area contributed by atoms with Crippen LogP contribution in [-0.2, 0) is 14.8 Å². The van der Waals surface area contributed by atoms with Crippen LogP contribution in [0.5, 0.6) is 5.75 Å². The molecular weight excluding hydrogens is 318 g/mol. The van der Waals surface area contributed by atoms with Gasteiger partial charge in [-0.05, 0) is 30.2 Å². The van der Waals surface area contributed by atoms with Gasteiger partial charge in [0, 0.05) is 0 Å². The molecule has 0 amide bonds. The van der Waals surface area contributed by atoms with Gasteiger partial charge < -0.3 is 9.84 Å². The molecule has 0 unspecified atom stereocenters. The molecule has 0 spiro atoms. The number of hydrogen-bond acceptors (Lipinski definition) is 4. The van der Waals surface area contributed by atoms with Crippen LogP contribution in [0.15, 0.2) is 53.4 Å². The zero-order chi connectivity index (χ0) is 17.0. The molecule has 0 heterocycles. The third kappa shape index (κ3) is 3.88. The van der Waals surface area contributed by atoms with Crippen molar-refractivity contribution >= 4 is 16.0 Å². The van der Waals surface area contributed by atoms with E-state index in [2.05, 4.69) is 4.72 Å². The van der Waals surface area contributed by atoms with Gasteiger partial charge in [-0.25, -0.2) is 8.42 Å². The quantitative estimate of drug-likeness (QED) is 0.843. The lowest BCUT2D eigenvalue weighted by Gasteiger charge is -2.17. The molecular formula is C16H17NO5S. The Morgan fingerprint density at radius 2 is 1.83 bits per heavy atom. The van der Waals surface area contributed by atoms with Crippen LogP contribution in [0.1, 0.15) is 17.2 Å². The van der Waals surface area contributed by atoms with Crippen LogP contribution in [0.3, 0.4) is 0 Å². The molecule has 23 heavy (non-hydrogen) atoms. The molecule has 0 aromatic heterocycles. The van der Waals surface area contributed by atoms with Gasteiger partial charge in [-0.15, -0.1) is 0 Å². The SMILES string of the molecule is COc1ccc(C)cc1S(=O)(=O)N[C@@H](C(=O)O)c1ccccc1. The van der Waals surface area contributed by atoms with E-state index in [0.717, 1.165) is 5.56 Å². The molecule has 122 valence electrons. The summed E-state index contributed by atoms with van der Waals surface area (Å²) in [6, 6.07) is 11.4. The number of hydrogen-bond donors (Lipinski definition) is 2. The fourth-order valence-electron chi connectivity index (χ4n) is 2.12. The maximum atomic E-state index is 12.6. The lowest BCUT2D eigenvalue weighted by molar-refractivity contribution is -0.139. The van der Waals surface area contributed by atoms with Crippen molar-refractivity contribution < 1.29 is 23.1 Å². The highest BCUT2D eigenvalue weighted by atomic mass is 32.2. The van der Waals surface area contributed by atoms with E-state index in [0.29, 0.717) is 5.56 Å². The minimum atomic E-state index is -4.07. The van der Waals surface area contributed by atoms with Crippen molar-refractivity contribution in [1.82, 2.24) is 4.72 Å². The molecule has 0 aliphatic rings. The Balaban J connectivity index is 2.44. The van der Waals surface area contributed by atoms with Gasteiger partial charge in [-0.2, -0.15) is 4.72 Å². The van der Waals surface area contributed by atoms with Crippen molar-refractivity contribution in [1.29, 1.82) is 0 Å². The largest absolute Gasteiger partial charge is 0.495 e. The van der Waals surface area contributed by atoms with Crippen LogP contribution in [0.2, 0.25) is 0 Å². The highest BCUT2D eigenvalue weighted by Crippen LogP contribution is 2.26. The number of aliphatic carboxylic acids is 1. The van der Waals surface area contributed by atoms with Crippen LogP contribution >= 0.6 is 0 Å². The number of sulfonamides is 1. The van der Waals surface area contributed by atoms with Gasteiger partial charge in [0.15, 0.2) is 0 Å². The Morgan fingerprint density at radius 3 is 2.39 bits per heavy atom. The molecule has 1 atom stereocenters. The number of carboxylic acid groups (broad SMARTS) is 1. The summed E-state index contributed by atoms with van der Waals surface area (Å²) in [5.41, 5.74) is 1.06. The van der Waals surface area contributed by atoms with Gasteiger partial charge in [0.05, 0.1) is 7.11 Å². The van der Waals surface area contributed by atoms with E-state index in [-0.39, 0.29) is 10.6 Å². The molecule has 2 aromatic carbocycles. The minimum Gasteiger partial charge on any atom is -0.495 e. The van der Waals surface area contributed by atoms with Gasteiger partial charge in [-0.3, -0.25) is 4.79 Å². The number of ether oxygens (including phenoxy) is 1. The lowest BCUT2D eigenvalue weighted by atomic mass is 10.1. The Morgan fingerprint density at radius 1 is 1.17 bits per heavy atom. The predicted molar refractivity (Wildman–Crippen MR) is 84.9 cm³/mol. The summed E-state index contributed by atoms with van der Waals surface area (Å²) < 4.78 is 32.5. The summed E-state index contributed by atoms with van der Waals surface area (Å²) in [4.78, 5) is 11.4. The molecule has 0 aliphatic heterocycles. The van der Waals surface area contributed by atoms with Gasteiger partial charge >= 0.3 is 5.97 Å². The molecule has 2 rings (SSSR count). The number of rotatable bonds is 6. The topological polar surface area (TPSA) is 92.7 Å². The number of methoxy groups -OCH3 is 1. The lowest BCUT2D eigenvalue weighted by Crippen LogP contribution is -2.34. The fraction of sp³-hybridized carbons (Fsp3) is 0.188. The van der Waals surface area contributed by atoms with Crippen LogP contribution < -0.4 is 9.46 Å². The van der Waals surface area contributed by atoms with E-state index < -0.39 is 22.0 Å². The Labute approximate surface area is 134 Å². The van der Waals surface area contributed by atoms with E-state index in [1.165, 1.54) is 19.2 Å². The number of carbonyl (C=O) groups is 1. The molecule has 0 saturated heterocycles. The number of carboxylic acids is 1. The fourth-order valence-corrected chi connectivity index (χ4v) is 3.55. The zero-order valence-corrected chi connectivity index (χ0v) is 13.5. The second kappa shape index (κ2) is 6.80. The Hall–Kier alpha value is -2.38. The van der Waals surface area contributed by atoms with E-state index in [4.69, 9.17) is 4.74 Å². The minimum absolute atomic E-state index is 0.0952. The van der Waals surface area contributed by atoms with E-state index >= 15 is 0 Å². The third-order valence-electron chi connectivity index (χ3n) is 3.26. The summed E-state index contributed by atoms with van der Waals surface area (Å²) in [7, 11) is -2.72. The molecule has 2 N–H and O–H groups in total. The van der Waals surface area contributed by atoms with Crippen LogP contribution in [0, 0.1) is 6.92 Å². The molecule has 2 aromatic rings. The number of aryl methyl sites for hydroxylation is 1. The second-order valence-electron chi connectivity index (χ2n) is 4.96. The summed E-state index contributed by atoms with van der Waals surface area (Å²) in [5.74, 6) is -1.13. The van der Waals surface area contributed by atoms with Crippen molar-refractivity contribution in [3.05, 3.63) is 59.7 Å².